The van der Waals surface area contributed by atoms with Gasteiger partial charge in [0.2, 0.25) is 10.0 Å². The fourth-order valence-electron chi connectivity index (χ4n) is 2.39. The van der Waals surface area contributed by atoms with Crippen LogP contribution in [0.4, 0.5) is 10.2 Å². The van der Waals surface area contributed by atoms with Crippen molar-refractivity contribution in [2.75, 3.05) is 17.6 Å². The van der Waals surface area contributed by atoms with Crippen molar-refractivity contribution in [1.82, 2.24) is 24.5 Å². The molecule has 0 amide bonds. The van der Waals surface area contributed by atoms with Crippen LogP contribution in [0.1, 0.15) is 12.5 Å². The quantitative estimate of drug-likeness (QED) is 0.616. The maximum atomic E-state index is 13.0. The van der Waals surface area contributed by atoms with E-state index in [0.717, 1.165) is 10.9 Å². The lowest BCUT2D eigenvalue weighted by molar-refractivity contribution is 0.565. The summed E-state index contributed by atoms with van der Waals surface area (Å²) in [7, 11) is -3.24. The third-order valence-corrected chi connectivity index (χ3v) is 5.24. The first-order valence-corrected chi connectivity index (χ1v) is 9.76. The van der Waals surface area contributed by atoms with Crippen molar-refractivity contribution in [2.24, 2.45) is 0 Å². The van der Waals surface area contributed by atoms with Crippen molar-refractivity contribution < 1.29 is 12.8 Å². The molecule has 26 heavy (non-hydrogen) atoms. The van der Waals surface area contributed by atoms with Crippen molar-refractivity contribution in [3.05, 3.63) is 48.2 Å². The number of anilines is 1. The second-order valence-electron chi connectivity index (χ2n) is 5.61. The van der Waals surface area contributed by atoms with Crippen LogP contribution in [-0.4, -0.2) is 40.5 Å². The lowest BCUT2D eigenvalue weighted by Crippen LogP contribution is -2.28. The summed E-state index contributed by atoms with van der Waals surface area (Å²) in [5, 5.41) is 8.18. The minimum absolute atomic E-state index is 0.0342. The highest BCUT2D eigenvalue weighted by atomic mass is 32.2. The van der Waals surface area contributed by atoms with E-state index in [1.807, 2.05) is 0 Å². The minimum atomic E-state index is -3.24. The molecule has 0 aliphatic carbocycles. The maximum absolute atomic E-state index is 13.0. The Bertz CT molecular complexity index is 988. The number of nitrogens with zero attached hydrogens (tertiary/aromatic N) is 4. The van der Waals surface area contributed by atoms with Gasteiger partial charge in [-0.1, -0.05) is 12.1 Å². The van der Waals surface area contributed by atoms with Crippen LogP contribution in [0.25, 0.3) is 11.0 Å². The van der Waals surface area contributed by atoms with Crippen molar-refractivity contribution in [3.8, 4) is 0 Å². The van der Waals surface area contributed by atoms with Gasteiger partial charge in [-0.15, -0.1) is 0 Å². The van der Waals surface area contributed by atoms with Crippen molar-refractivity contribution in [1.29, 1.82) is 0 Å². The molecule has 0 bridgehead atoms. The number of rotatable bonds is 8. The van der Waals surface area contributed by atoms with Gasteiger partial charge in [0.1, 0.15) is 18.0 Å². The summed E-state index contributed by atoms with van der Waals surface area (Å²) in [5.74, 6) is 0.366. The maximum Gasteiger partial charge on any atom is 0.211 e. The van der Waals surface area contributed by atoms with Gasteiger partial charge in [-0.25, -0.2) is 32.2 Å². The van der Waals surface area contributed by atoms with Gasteiger partial charge in [-0.05, 0) is 24.6 Å². The SMILES string of the molecule is CCS(=O)(=O)NCCn1ncc2c(NCc3ccc(F)cc3)ncnc21. The number of fused-ring (bicyclic) bond motifs is 1. The van der Waals surface area contributed by atoms with Gasteiger partial charge in [0.05, 0.1) is 23.9 Å². The smallest absolute Gasteiger partial charge is 0.211 e. The molecule has 0 unspecified atom stereocenters. The Kier molecular flexibility index (Phi) is 5.43. The highest BCUT2D eigenvalue weighted by Gasteiger charge is 2.11. The monoisotopic (exact) mass is 378 g/mol. The first-order chi connectivity index (χ1) is 12.5. The summed E-state index contributed by atoms with van der Waals surface area (Å²) in [6, 6.07) is 6.21. The van der Waals surface area contributed by atoms with Crippen LogP contribution in [0.2, 0.25) is 0 Å². The largest absolute Gasteiger partial charge is 0.365 e. The molecule has 3 aromatic rings. The predicted octanol–water partition coefficient (Wildman–Crippen LogP) is 1.52. The highest BCUT2D eigenvalue weighted by Crippen LogP contribution is 2.19. The zero-order valence-electron chi connectivity index (χ0n) is 14.2. The summed E-state index contributed by atoms with van der Waals surface area (Å²) in [6.45, 7) is 2.65. The molecule has 0 radical (unpaired) electrons. The fraction of sp³-hybridized carbons (Fsp3) is 0.312. The van der Waals surface area contributed by atoms with E-state index in [0.29, 0.717) is 24.6 Å². The average Bonchev–Trinajstić information content (AvgIpc) is 3.05. The zero-order valence-corrected chi connectivity index (χ0v) is 15.0. The van der Waals surface area contributed by atoms with Gasteiger partial charge >= 0.3 is 0 Å². The number of aromatic nitrogens is 4. The van der Waals surface area contributed by atoms with Crippen LogP contribution in [0, 0.1) is 5.82 Å². The van der Waals surface area contributed by atoms with E-state index in [1.54, 1.807) is 29.9 Å². The van der Waals surface area contributed by atoms with Crippen LogP contribution in [0.5, 0.6) is 0 Å². The molecule has 10 heteroatoms. The number of halogens is 1. The zero-order chi connectivity index (χ0) is 18.6. The van der Waals surface area contributed by atoms with Crippen molar-refractivity contribution >= 4 is 26.9 Å². The lowest BCUT2D eigenvalue weighted by atomic mass is 10.2. The van der Waals surface area contributed by atoms with Gasteiger partial charge in [0, 0.05) is 13.1 Å². The van der Waals surface area contributed by atoms with E-state index in [-0.39, 0.29) is 18.1 Å². The number of hydrogen-bond donors (Lipinski definition) is 2. The Morgan fingerprint density at radius 2 is 1.96 bits per heavy atom. The van der Waals surface area contributed by atoms with Crippen molar-refractivity contribution in [3.63, 3.8) is 0 Å². The number of sulfonamides is 1. The molecule has 0 fully saturated rings. The van der Waals surface area contributed by atoms with Gasteiger partial charge in [-0.3, -0.25) is 0 Å². The van der Waals surface area contributed by atoms with E-state index in [9.17, 15) is 12.8 Å². The van der Waals surface area contributed by atoms with E-state index < -0.39 is 10.0 Å². The van der Waals surface area contributed by atoms with E-state index in [1.165, 1.54) is 18.5 Å². The van der Waals surface area contributed by atoms with Crippen LogP contribution in [0.15, 0.2) is 36.8 Å². The molecule has 2 N–H and O–H groups in total. The highest BCUT2D eigenvalue weighted by molar-refractivity contribution is 7.89. The summed E-state index contributed by atoms with van der Waals surface area (Å²) in [4.78, 5) is 8.45. The van der Waals surface area contributed by atoms with Gasteiger partial charge in [0.25, 0.3) is 0 Å². The molecule has 8 nitrogen and oxygen atoms in total. The molecule has 3 rings (SSSR count). The standard InChI is InChI=1S/C16H19FN6O2S/c1-2-26(24,25)22-7-8-23-16-14(10-21-23)15(19-11-20-16)18-9-12-3-5-13(17)6-4-12/h3-6,10-11,22H,2,7-9H2,1H3,(H,18,19,20). The van der Waals surface area contributed by atoms with Crippen LogP contribution >= 0.6 is 0 Å². The first kappa shape index (κ1) is 18.2. The van der Waals surface area contributed by atoms with Crippen LogP contribution < -0.4 is 10.0 Å². The predicted molar refractivity (Wildman–Crippen MR) is 96.5 cm³/mol. The van der Waals surface area contributed by atoms with E-state index in [2.05, 4.69) is 25.1 Å². The topological polar surface area (TPSA) is 102 Å². The van der Waals surface area contributed by atoms with Gasteiger partial charge in [-0.2, -0.15) is 5.10 Å². The number of benzene rings is 1. The first-order valence-electron chi connectivity index (χ1n) is 8.10. The Balaban J connectivity index is 1.70. The normalized spacial score (nSPS) is 11.8. The Labute approximate surface area is 150 Å². The molecule has 1 aromatic carbocycles. The second-order valence-corrected chi connectivity index (χ2v) is 7.70. The second kappa shape index (κ2) is 7.75. The Hall–Kier alpha value is -2.59. The molecule has 0 saturated heterocycles. The minimum Gasteiger partial charge on any atom is -0.365 e. The van der Waals surface area contributed by atoms with Gasteiger partial charge < -0.3 is 5.32 Å². The van der Waals surface area contributed by atoms with E-state index in [4.69, 9.17) is 0 Å². The lowest BCUT2D eigenvalue weighted by Gasteiger charge is -2.08. The molecular formula is C16H19FN6O2S. The Morgan fingerprint density at radius 3 is 2.69 bits per heavy atom. The molecule has 0 spiro atoms. The average molecular weight is 378 g/mol. The van der Waals surface area contributed by atoms with Crippen molar-refractivity contribution in [2.45, 2.75) is 20.0 Å². The third-order valence-electron chi connectivity index (χ3n) is 3.83. The summed E-state index contributed by atoms with van der Waals surface area (Å²) >= 11 is 0. The summed E-state index contributed by atoms with van der Waals surface area (Å²) < 4.78 is 40.1. The molecular weight excluding hydrogens is 359 g/mol. The van der Waals surface area contributed by atoms with Gasteiger partial charge in [0.15, 0.2) is 5.65 Å². The molecule has 2 heterocycles. The Morgan fingerprint density at radius 1 is 1.19 bits per heavy atom. The van der Waals surface area contributed by atoms with E-state index >= 15 is 0 Å². The number of nitrogens with one attached hydrogen (secondary N) is 2. The van der Waals surface area contributed by atoms with Crippen LogP contribution in [-0.2, 0) is 23.1 Å². The molecule has 138 valence electrons. The molecule has 0 aliphatic rings. The van der Waals surface area contributed by atoms with Crippen LogP contribution in [0.3, 0.4) is 0 Å². The molecule has 0 atom stereocenters. The molecule has 0 saturated carbocycles. The molecule has 2 aromatic heterocycles. The number of hydrogen-bond acceptors (Lipinski definition) is 6. The molecule has 0 aliphatic heterocycles. The third kappa shape index (κ3) is 4.33. The summed E-state index contributed by atoms with van der Waals surface area (Å²) in [5.41, 5.74) is 1.52. The summed E-state index contributed by atoms with van der Waals surface area (Å²) in [6.07, 6.45) is 3.06. The fourth-order valence-corrected chi connectivity index (χ4v) is 3.00.